The second-order valence-corrected chi connectivity index (χ2v) is 1.78. The third-order valence-corrected chi connectivity index (χ3v) is 0.957. The van der Waals surface area contributed by atoms with Crippen molar-refractivity contribution in [3.63, 3.8) is 0 Å². The molecule has 0 bridgehead atoms. The van der Waals surface area contributed by atoms with Crippen molar-refractivity contribution in [1.82, 2.24) is 10.6 Å². The third-order valence-electron chi connectivity index (χ3n) is 0.957. The molecule has 1 aliphatic heterocycles. The molecule has 5 nitrogen and oxygen atoms in total. The third kappa shape index (κ3) is 18.1. The van der Waals surface area contributed by atoms with E-state index in [0.29, 0.717) is 0 Å². The van der Waals surface area contributed by atoms with Gasteiger partial charge in [0.25, 0.3) is 0 Å². The number of hydrogen-bond acceptors (Lipinski definition) is 3. The summed E-state index contributed by atoms with van der Waals surface area (Å²) in [5, 5.41) is 20.4. The Morgan fingerprint density at radius 1 is 1.09 bits per heavy atom. The van der Waals surface area contributed by atoms with Crippen molar-refractivity contribution >= 4 is 6.16 Å². The minimum absolute atomic E-state index is 0. The van der Waals surface area contributed by atoms with Gasteiger partial charge in [-0.1, -0.05) is 0 Å². The molecule has 1 saturated heterocycles. The second kappa shape index (κ2) is 10.8. The van der Waals surface area contributed by atoms with Gasteiger partial charge in [0.15, 0.2) is 0 Å². The summed E-state index contributed by atoms with van der Waals surface area (Å²) in [5.74, 6) is 0. The molecule has 0 amide bonds. The van der Waals surface area contributed by atoms with Crippen molar-refractivity contribution in [2.24, 2.45) is 0 Å². The van der Waals surface area contributed by atoms with E-state index >= 15 is 0 Å². The minimum Gasteiger partial charge on any atom is -1.00 e. The van der Waals surface area contributed by atoms with Crippen molar-refractivity contribution in [3.05, 3.63) is 0 Å². The van der Waals surface area contributed by atoms with E-state index in [1.54, 1.807) is 0 Å². The molecule has 0 aliphatic carbocycles. The number of carbonyl (C=O) groups is 1. The van der Waals surface area contributed by atoms with E-state index in [4.69, 9.17) is 15.0 Å². The Morgan fingerprint density at radius 2 is 1.27 bits per heavy atom. The normalized spacial score (nSPS) is 15.3. The van der Waals surface area contributed by atoms with Crippen molar-refractivity contribution < 1.29 is 67.8 Å². The molecule has 0 aromatic carbocycles. The maximum absolute atomic E-state index is 8.56. The van der Waals surface area contributed by atoms with Gasteiger partial charge in [0.1, 0.15) is 0 Å². The molecule has 0 spiro atoms. The van der Waals surface area contributed by atoms with Crippen LogP contribution in [0.2, 0.25) is 0 Å². The van der Waals surface area contributed by atoms with E-state index in [1.807, 2.05) is 0 Å². The van der Waals surface area contributed by atoms with Crippen LogP contribution in [0.25, 0.3) is 0 Å². The fourth-order valence-corrected chi connectivity index (χ4v) is 0.604. The van der Waals surface area contributed by atoms with Crippen LogP contribution in [0.5, 0.6) is 0 Å². The van der Waals surface area contributed by atoms with Crippen molar-refractivity contribution in [1.29, 1.82) is 0 Å². The number of carboxylic acid groups (broad SMARTS) is 2. The summed E-state index contributed by atoms with van der Waals surface area (Å²) < 4.78 is 0. The molecular formula is C5H13KN2O3. The Hall–Kier alpha value is 0.826. The molecule has 62 valence electrons. The largest absolute Gasteiger partial charge is 1.00 e. The van der Waals surface area contributed by atoms with Gasteiger partial charge in [0.05, 0.1) is 0 Å². The first-order valence-corrected chi connectivity index (χ1v) is 3.07. The smallest absolute Gasteiger partial charge is 1.00 e. The van der Waals surface area contributed by atoms with Gasteiger partial charge in [0, 0.05) is 26.2 Å². The molecule has 1 rings (SSSR count). The van der Waals surface area contributed by atoms with E-state index in [9.17, 15) is 0 Å². The molecule has 0 saturated carbocycles. The van der Waals surface area contributed by atoms with Gasteiger partial charge >= 0.3 is 57.5 Å². The van der Waals surface area contributed by atoms with Crippen LogP contribution >= 0.6 is 0 Å². The van der Waals surface area contributed by atoms with Gasteiger partial charge in [-0.25, -0.2) is 4.79 Å². The zero-order valence-electron chi connectivity index (χ0n) is 7.63. The predicted octanol–water partition coefficient (Wildman–Crippen LogP) is -3.48. The number of nitrogens with one attached hydrogen (secondary N) is 2. The standard InChI is InChI=1S/C4H10N2.CH2O3.K.H/c1-2-6-4-3-5-1;2-1(3)4;;/h5-6H,1-4H2;(H2,2,3,4);;/q;;+1;-1. The van der Waals surface area contributed by atoms with E-state index in [2.05, 4.69) is 10.6 Å². The van der Waals surface area contributed by atoms with Crippen LogP contribution in [0.4, 0.5) is 4.79 Å². The van der Waals surface area contributed by atoms with Crippen LogP contribution in [0.1, 0.15) is 1.43 Å². The van der Waals surface area contributed by atoms with Crippen LogP contribution in [-0.4, -0.2) is 42.5 Å². The fraction of sp³-hybridized carbons (Fsp3) is 0.800. The molecule has 0 atom stereocenters. The number of rotatable bonds is 0. The molecule has 0 unspecified atom stereocenters. The van der Waals surface area contributed by atoms with Gasteiger partial charge in [-0.3, -0.25) is 0 Å². The topological polar surface area (TPSA) is 81.6 Å². The summed E-state index contributed by atoms with van der Waals surface area (Å²) in [7, 11) is 0. The maximum Gasteiger partial charge on any atom is 1.00 e. The van der Waals surface area contributed by atoms with E-state index in [0.717, 1.165) is 26.2 Å². The Bertz CT molecular complexity index is 87.2. The number of piperazine rings is 1. The Kier molecular flexibility index (Phi) is 14.1. The quantitative estimate of drug-likeness (QED) is 0.297. The van der Waals surface area contributed by atoms with Gasteiger partial charge in [-0.2, -0.15) is 0 Å². The molecule has 1 aliphatic rings. The molecule has 0 aromatic heterocycles. The van der Waals surface area contributed by atoms with E-state index in [1.165, 1.54) is 0 Å². The Labute approximate surface area is 109 Å². The molecule has 1 fully saturated rings. The molecule has 4 N–H and O–H groups in total. The van der Waals surface area contributed by atoms with Crippen LogP contribution in [0, 0.1) is 0 Å². The molecule has 11 heavy (non-hydrogen) atoms. The first kappa shape index (κ1) is 14.4. The van der Waals surface area contributed by atoms with Gasteiger partial charge in [-0.05, 0) is 0 Å². The second-order valence-electron chi connectivity index (χ2n) is 1.78. The zero-order chi connectivity index (χ0) is 7.82. The average molecular weight is 188 g/mol. The fourth-order valence-electron chi connectivity index (χ4n) is 0.604. The first-order chi connectivity index (χ1) is 4.73. The molecular weight excluding hydrogens is 175 g/mol. The molecule has 0 radical (unpaired) electrons. The van der Waals surface area contributed by atoms with Crippen molar-refractivity contribution in [3.8, 4) is 0 Å². The first-order valence-electron chi connectivity index (χ1n) is 3.07. The zero-order valence-corrected chi connectivity index (χ0v) is 9.75. The molecule has 1 heterocycles. The van der Waals surface area contributed by atoms with E-state index < -0.39 is 6.16 Å². The Morgan fingerprint density at radius 3 is 1.36 bits per heavy atom. The summed E-state index contributed by atoms with van der Waals surface area (Å²) in [4.78, 5) is 8.56. The molecule has 6 heteroatoms. The van der Waals surface area contributed by atoms with Crippen molar-refractivity contribution in [2.45, 2.75) is 0 Å². The minimum atomic E-state index is -1.83. The van der Waals surface area contributed by atoms with Crippen LogP contribution in [0.3, 0.4) is 0 Å². The molecule has 0 aromatic rings. The summed E-state index contributed by atoms with van der Waals surface area (Å²) in [5.41, 5.74) is 0. The SMILES string of the molecule is C1CNCCN1.O=C(O)O.[H-].[K+]. The van der Waals surface area contributed by atoms with Gasteiger partial charge in [-0.15, -0.1) is 0 Å². The van der Waals surface area contributed by atoms with Crippen LogP contribution in [-0.2, 0) is 0 Å². The summed E-state index contributed by atoms with van der Waals surface area (Å²) in [6.45, 7) is 4.56. The summed E-state index contributed by atoms with van der Waals surface area (Å²) >= 11 is 0. The van der Waals surface area contributed by atoms with Gasteiger partial charge in [0.2, 0.25) is 0 Å². The van der Waals surface area contributed by atoms with Crippen LogP contribution < -0.4 is 62.0 Å². The monoisotopic (exact) mass is 188 g/mol. The summed E-state index contributed by atoms with van der Waals surface area (Å²) in [6, 6.07) is 0. The number of hydrogen-bond donors (Lipinski definition) is 4. The maximum atomic E-state index is 8.56. The van der Waals surface area contributed by atoms with Crippen molar-refractivity contribution in [2.75, 3.05) is 26.2 Å². The average Bonchev–Trinajstić information content (AvgIpc) is 1.90. The Balaban J connectivity index is -0.000000124. The predicted molar refractivity (Wildman–Crippen MR) is 37.5 cm³/mol. The van der Waals surface area contributed by atoms with E-state index in [-0.39, 0.29) is 52.8 Å². The van der Waals surface area contributed by atoms with Gasteiger partial charge < -0.3 is 22.3 Å². The van der Waals surface area contributed by atoms with Crippen LogP contribution in [0.15, 0.2) is 0 Å². The summed E-state index contributed by atoms with van der Waals surface area (Å²) in [6.07, 6.45) is -1.83.